The van der Waals surface area contributed by atoms with Crippen molar-refractivity contribution in [3.8, 4) is 0 Å². The molecule has 1 aliphatic heterocycles. The van der Waals surface area contributed by atoms with Gasteiger partial charge in [0.1, 0.15) is 12.1 Å². The number of hydrogen-bond donors (Lipinski definition) is 1. The Balaban J connectivity index is 2.29. The van der Waals surface area contributed by atoms with Gasteiger partial charge >= 0.3 is 12.4 Å². The Bertz CT molecular complexity index is 360. The second-order valence-electron chi connectivity index (χ2n) is 4.99. The first kappa shape index (κ1) is 16.5. The van der Waals surface area contributed by atoms with Crippen LogP contribution in [0.3, 0.4) is 0 Å². The summed E-state index contributed by atoms with van der Waals surface area (Å²) >= 11 is 11.2. The number of hydrogen-bond acceptors (Lipinski definition) is 1. The Hall–Kier alpha value is 0.0800. The van der Waals surface area contributed by atoms with Gasteiger partial charge in [-0.25, -0.2) is 0 Å². The average molecular weight is 347 g/mol. The lowest BCUT2D eigenvalue weighted by Gasteiger charge is -2.39. The summed E-state index contributed by atoms with van der Waals surface area (Å²) < 4.78 is 83.5. The Labute approximate surface area is 120 Å². The number of nitrogens with two attached hydrogens (primary N) is 1. The Morgan fingerprint density at radius 3 is 2.05 bits per heavy atom. The zero-order valence-corrected chi connectivity index (χ0v) is 11.5. The van der Waals surface area contributed by atoms with Gasteiger partial charge in [-0.2, -0.15) is 26.3 Å². The van der Waals surface area contributed by atoms with Crippen LogP contribution in [0.1, 0.15) is 6.42 Å². The van der Waals surface area contributed by atoms with E-state index in [-0.39, 0.29) is 24.2 Å². The summed E-state index contributed by atoms with van der Waals surface area (Å²) in [5.74, 6) is -1.64. The van der Waals surface area contributed by atoms with Crippen LogP contribution in [0, 0.1) is 5.92 Å². The predicted octanol–water partition coefficient (Wildman–Crippen LogP) is 2.05. The van der Waals surface area contributed by atoms with Gasteiger partial charge in [-0.1, -0.05) is 0 Å². The molecule has 0 aromatic heterocycles. The van der Waals surface area contributed by atoms with Gasteiger partial charge in [-0.05, 0) is 6.42 Å². The minimum atomic E-state index is -5.42. The standard InChI is InChI=1S/C10H11Cl2F6NO/c11-1-2-20-5-3-4-6(12)7(5)19-8(4,9(13,14)15)10(16,17)18/h4-7,19H,1-3H2/p+1/t4-,5+,6+,7+/m0/s1. The summed E-state index contributed by atoms with van der Waals surface area (Å²) in [5, 5.41) is -0.948. The Kier molecular flexibility index (Phi) is 4.17. The van der Waals surface area contributed by atoms with Crippen LogP contribution in [0.25, 0.3) is 0 Å². The monoisotopic (exact) mass is 346 g/mol. The fourth-order valence-electron chi connectivity index (χ4n) is 3.22. The fourth-order valence-corrected chi connectivity index (χ4v) is 3.85. The van der Waals surface area contributed by atoms with Crippen molar-refractivity contribution < 1.29 is 36.4 Å². The van der Waals surface area contributed by atoms with Gasteiger partial charge in [-0.3, -0.25) is 0 Å². The molecule has 10 heteroatoms. The summed E-state index contributed by atoms with van der Waals surface area (Å²) in [6.45, 7) is 0.0674. The first-order valence-electron chi connectivity index (χ1n) is 5.87. The van der Waals surface area contributed by atoms with Gasteiger partial charge in [0.15, 0.2) is 0 Å². The largest absolute Gasteiger partial charge is 0.454 e. The third-order valence-corrected chi connectivity index (χ3v) is 4.80. The summed E-state index contributed by atoms with van der Waals surface area (Å²) in [5.41, 5.74) is -3.84. The number of fused-ring (bicyclic) bond motifs is 2. The first-order valence-corrected chi connectivity index (χ1v) is 6.84. The minimum absolute atomic E-state index is 0.0674. The van der Waals surface area contributed by atoms with Gasteiger partial charge in [0.2, 0.25) is 0 Å². The zero-order chi connectivity index (χ0) is 15.3. The first-order chi connectivity index (χ1) is 9.06. The van der Waals surface area contributed by atoms with E-state index in [0.717, 1.165) is 0 Å². The van der Waals surface area contributed by atoms with Crippen molar-refractivity contribution in [3.05, 3.63) is 0 Å². The number of quaternary nitrogens is 1. The van der Waals surface area contributed by atoms with E-state index in [0.29, 0.717) is 0 Å². The van der Waals surface area contributed by atoms with Crippen molar-refractivity contribution in [1.29, 1.82) is 0 Å². The molecule has 20 heavy (non-hydrogen) atoms. The maximum absolute atomic E-state index is 13.1. The number of halogens is 8. The lowest BCUT2D eigenvalue weighted by atomic mass is 9.82. The highest BCUT2D eigenvalue weighted by Crippen LogP contribution is 2.54. The van der Waals surface area contributed by atoms with Crippen molar-refractivity contribution in [2.45, 2.75) is 41.8 Å². The molecule has 2 rings (SSSR count). The number of alkyl halides is 8. The SMILES string of the molecule is FC(F)(F)C1(C(F)(F)F)[NH2+][C@H]2[C@H](Cl)[C@@H]1C[C@H]2OCCCl. The molecule has 1 heterocycles. The van der Waals surface area contributed by atoms with Crippen molar-refractivity contribution >= 4 is 23.2 Å². The Morgan fingerprint density at radius 2 is 1.70 bits per heavy atom. The van der Waals surface area contributed by atoms with E-state index in [1.54, 1.807) is 0 Å². The molecule has 1 saturated carbocycles. The number of ether oxygens (including phenoxy) is 1. The van der Waals surface area contributed by atoms with Gasteiger partial charge in [0, 0.05) is 5.88 Å². The molecule has 0 unspecified atom stereocenters. The fraction of sp³-hybridized carbons (Fsp3) is 1.00. The van der Waals surface area contributed by atoms with Crippen LogP contribution in [0.2, 0.25) is 0 Å². The topological polar surface area (TPSA) is 25.8 Å². The molecule has 2 fully saturated rings. The van der Waals surface area contributed by atoms with Gasteiger partial charge in [0.05, 0.1) is 17.9 Å². The van der Waals surface area contributed by atoms with E-state index < -0.39 is 41.3 Å². The van der Waals surface area contributed by atoms with E-state index in [1.165, 1.54) is 0 Å². The molecule has 2 nitrogen and oxygen atoms in total. The lowest BCUT2D eigenvalue weighted by Crippen LogP contribution is -3.07. The maximum atomic E-state index is 13.1. The molecular weight excluding hydrogens is 335 g/mol. The summed E-state index contributed by atoms with van der Waals surface area (Å²) in [7, 11) is 0. The van der Waals surface area contributed by atoms with Crippen LogP contribution in [-0.4, -0.2) is 47.9 Å². The summed E-state index contributed by atoms with van der Waals surface area (Å²) in [6.07, 6.45) is -11.9. The highest BCUT2D eigenvalue weighted by molar-refractivity contribution is 6.21. The number of piperidine rings is 1. The van der Waals surface area contributed by atoms with Crippen molar-refractivity contribution in [3.63, 3.8) is 0 Å². The second kappa shape index (κ2) is 5.07. The van der Waals surface area contributed by atoms with Crippen LogP contribution in [-0.2, 0) is 4.74 Å². The van der Waals surface area contributed by atoms with Gasteiger partial charge in [-0.15, -0.1) is 23.2 Å². The molecule has 4 atom stereocenters. The minimum Gasteiger partial charge on any atom is -0.371 e. The molecular formula is C10H12Cl2F6NO+. The van der Waals surface area contributed by atoms with E-state index in [9.17, 15) is 26.3 Å². The van der Waals surface area contributed by atoms with Crippen molar-refractivity contribution in [2.75, 3.05) is 12.5 Å². The normalized spacial score (nSPS) is 36.6. The molecule has 0 amide bonds. The van der Waals surface area contributed by atoms with Crippen molar-refractivity contribution in [1.82, 2.24) is 0 Å². The van der Waals surface area contributed by atoms with Crippen LogP contribution < -0.4 is 5.32 Å². The molecule has 0 aromatic carbocycles. The second-order valence-corrected chi connectivity index (χ2v) is 5.88. The Morgan fingerprint density at radius 1 is 1.15 bits per heavy atom. The van der Waals surface area contributed by atoms with Crippen LogP contribution in [0.15, 0.2) is 0 Å². The molecule has 1 aliphatic carbocycles. The van der Waals surface area contributed by atoms with Gasteiger partial charge in [0.25, 0.3) is 5.54 Å². The molecule has 0 aromatic rings. The quantitative estimate of drug-likeness (QED) is 0.614. The van der Waals surface area contributed by atoms with Crippen molar-refractivity contribution in [2.24, 2.45) is 5.92 Å². The predicted molar refractivity (Wildman–Crippen MR) is 58.8 cm³/mol. The number of rotatable bonds is 3. The third kappa shape index (κ3) is 2.19. The lowest BCUT2D eigenvalue weighted by molar-refractivity contribution is -0.800. The van der Waals surface area contributed by atoms with Gasteiger partial charge < -0.3 is 10.1 Å². The van der Waals surface area contributed by atoms with E-state index in [1.807, 2.05) is 0 Å². The molecule has 1 saturated heterocycles. The van der Waals surface area contributed by atoms with E-state index in [2.05, 4.69) is 0 Å². The maximum Gasteiger partial charge on any atom is 0.454 e. The molecule has 0 spiro atoms. The van der Waals surface area contributed by atoms with Crippen LogP contribution in [0.4, 0.5) is 26.3 Å². The molecule has 2 aliphatic rings. The molecule has 0 radical (unpaired) electrons. The van der Waals surface area contributed by atoms with Crippen LogP contribution >= 0.6 is 23.2 Å². The third-order valence-electron chi connectivity index (χ3n) is 4.06. The summed E-state index contributed by atoms with van der Waals surface area (Å²) in [4.78, 5) is 0. The average Bonchev–Trinajstić information content (AvgIpc) is 2.75. The van der Waals surface area contributed by atoms with E-state index in [4.69, 9.17) is 27.9 Å². The zero-order valence-electron chi connectivity index (χ0n) is 9.94. The smallest absolute Gasteiger partial charge is 0.371 e. The van der Waals surface area contributed by atoms with E-state index >= 15 is 0 Å². The molecule has 118 valence electrons. The molecule has 2 N–H and O–H groups in total. The highest BCUT2D eigenvalue weighted by Gasteiger charge is 2.85. The highest BCUT2D eigenvalue weighted by atomic mass is 35.5. The van der Waals surface area contributed by atoms with Crippen LogP contribution in [0.5, 0.6) is 0 Å². The summed E-state index contributed by atoms with van der Waals surface area (Å²) in [6, 6.07) is -1.08. The molecule has 2 bridgehead atoms.